The number of methoxy groups -OCH3 is 1. The Kier molecular flexibility index (Phi) is 11.9. The number of aliphatic hydroxyl groups is 2. The van der Waals surface area contributed by atoms with Crippen molar-refractivity contribution in [3.63, 3.8) is 0 Å². The van der Waals surface area contributed by atoms with E-state index in [1.807, 2.05) is 0 Å². The second-order valence-electron chi connectivity index (χ2n) is 13.8. The number of aromatic hydroxyl groups is 1. The number of Topliss-reactive ketones (excluding diaryl/α,β-unsaturated/α-hetero) is 3. The van der Waals surface area contributed by atoms with Gasteiger partial charge in [0.15, 0.2) is 0 Å². The Balaban J connectivity index is 1.88. The van der Waals surface area contributed by atoms with Crippen molar-refractivity contribution >= 4 is 29.2 Å². The number of carbonyl (C=O) groups excluding carboxylic acids is 5. The number of esters is 1. The number of benzene rings is 1. The highest BCUT2D eigenvalue weighted by atomic mass is 16.7. The maximum atomic E-state index is 14.1. The molecule has 0 spiro atoms. The van der Waals surface area contributed by atoms with Crippen molar-refractivity contribution in [2.75, 3.05) is 14.2 Å². The average molecular weight is 725 g/mol. The number of fused-ring (bicyclic) bond motifs is 14. The number of nitrogens with one attached hydrogen (secondary N) is 2. The van der Waals surface area contributed by atoms with Gasteiger partial charge >= 0.3 is 11.8 Å². The van der Waals surface area contributed by atoms with Crippen LogP contribution in [0.15, 0.2) is 47.5 Å². The van der Waals surface area contributed by atoms with Crippen LogP contribution < -0.4 is 15.4 Å². The van der Waals surface area contributed by atoms with Gasteiger partial charge in [0.25, 0.3) is 11.7 Å². The number of hydrogen-bond acceptors (Lipinski definition) is 13. The molecule has 4 aliphatic rings. The lowest BCUT2D eigenvalue weighted by Crippen LogP contribution is -2.46. The first-order chi connectivity index (χ1) is 24.3. The molecule has 5 rings (SSSR count). The molecular weight excluding hydrogens is 676 g/mol. The Morgan fingerprint density at radius 2 is 1.60 bits per heavy atom. The summed E-state index contributed by atoms with van der Waals surface area (Å²) in [5, 5.41) is 39.0. The monoisotopic (exact) mass is 724 g/mol. The fourth-order valence-electron chi connectivity index (χ4n) is 6.93. The standard InChI is InChI=1S/C38H48N2O12/c1-16-12-11-13-17(2)37(48)40-28-27(39-9)32(45)24-25(33(28)46)31(44)21(6)35-26(24)36(47)38(8,52-35)50-15-14-23(49-10)18(3)34(51-22(7)41)20(5)30(43)19(4)29(16)42/h11-16,18-20,23,29-30,34,39,42-44H,1-10H3,(H,40,48)/t16-,18+,19-,20-,23-,29-,30-,34+,38-/m0/s1. The lowest BCUT2D eigenvalue weighted by atomic mass is 9.78. The number of phenols is 1. The Morgan fingerprint density at radius 3 is 2.19 bits per heavy atom. The number of rotatable bonds is 3. The highest BCUT2D eigenvalue weighted by Crippen LogP contribution is 2.48. The van der Waals surface area contributed by atoms with Crippen LogP contribution in [0.4, 0.5) is 0 Å². The van der Waals surface area contributed by atoms with E-state index in [-0.39, 0.29) is 28.1 Å². The normalized spacial score (nSPS) is 31.5. The van der Waals surface area contributed by atoms with Crippen LogP contribution in [-0.4, -0.2) is 88.9 Å². The molecule has 5 N–H and O–H groups in total. The van der Waals surface area contributed by atoms with Crippen molar-refractivity contribution in [1.82, 2.24) is 10.6 Å². The van der Waals surface area contributed by atoms with Crippen molar-refractivity contribution in [3.8, 4) is 11.5 Å². The third-order valence-corrected chi connectivity index (χ3v) is 10.2. The zero-order valence-corrected chi connectivity index (χ0v) is 31.0. The molecule has 3 aliphatic heterocycles. The molecule has 1 amide bonds. The molecule has 0 unspecified atom stereocenters. The number of allylic oxidation sites excluding steroid dienone is 4. The van der Waals surface area contributed by atoms with Crippen molar-refractivity contribution in [2.24, 2.45) is 23.7 Å². The fourth-order valence-corrected chi connectivity index (χ4v) is 6.93. The third-order valence-electron chi connectivity index (χ3n) is 10.2. The molecule has 1 aromatic rings. The van der Waals surface area contributed by atoms with Gasteiger partial charge in [-0.25, -0.2) is 0 Å². The van der Waals surface area contributed by atoms with Gasteiger partial charge in [0, 0.05) is 62.8 Å². The van der Waals surface area contributed by atoms with Gasteiger partial charge in [0.05, 0.1) is 41.3 Å². The third kappa shape index (κ3) is 7.14. The maximum absolute atomic E-state index is 14.1. The number of hydrogen-bond donors (Lipinski definition) is 5. The Morgan fingerprint density at radius 1 is 0.942 bits per heavy atom. The van der Waals surface area contributed by atoms with E-state index in [1.165, 1.54) is 54.0 Å². The smallest absolute Gasteiger partial charge is 0.312 e. The molecular formula is C38H48N2O12. The largest absolute Gasteiger partial charge is 0.507 e. The number of aliphatic hydroxyl groups excluding tert-OH is 2. The minimum atomic E-state index is -2.06. The van der Waals surface area contributed by atoms with E-state index in [0.29, 0.717) is 0 Å². The van der Waals surface area contributed by atoms with Crippen molar-refractivity contribution in [1.29, 1.82) is 0 Å². The molecule has 5 bridgehead atoms. The lowest BCUT2D eigenvalue weighted by Gasteiger charge is -2.38. The maximum Gasteiger partial charge on any atom is 0.312 e. The van der Waals surface area contributed by atoms with Gasteiger partial charge in [0.1, 0.15) is 29.0 Å². The predicted octanol–water partition coefficient (Wildman–Crippen LogP) is 3.18. The molecule has 3 heterocycles. The van der Waals surface area contributed by atoms with E-state index in [1.54, 1.807) is 39.8 Å². The van der Waals surface area contributed by atoms with Crippen molar-refractivity contribution in [3.05, 3.63) is 69.8 Å². The average Bonchev–Trinajstić information content (AvgIpc) is 3.36. The van der Waals surface area contributed by atoms with Gasteiger partial charge in [-0.15, -0.1) is 0 Å². The van der Waals surface area contributed by atoms with Crippen LogP contribution in [0.1, 0.15) is 85.1 Å². The quantitative estimate of drug-likeness (QED) is 0.285. The topological polar surface area (TPSA) is 207 Å². The number of likely N-dealkylation sites (N-methyl/N-ethyl adjacent to an activating group) is 1. The first-order valence-corrected chi connectivity index (χ1v) is 17.0. The summed E-state index contributed by atoms with van der Waals surface area (Å²) < 4.78 is 23.2. The molecule has 1 aliphatic carbocycles. The summed E-state index contributed by atoms with van der Waals surface area (Å²) in [5.41, 5.74) is -1.75. The summed E-state index contributed by atoms with van der Waals surface area (Å²) in [4.78, 5) is 67.5. The summed E-state index contributed by atoms with van der Waals surface area (Å²) in [7, 11) is 2.79. The fraction of sp³-hybridized carbons (Fsp3) is 0.500. The SMILES string of the molecule is CNC1=C2NC(=O)C(C)=CC=C[C@H](C)[C@H](O)[C@H](C)[C@H](O)[C@H](C)[C@H](OC(C)=O)[C@H](C)[C@@H](OC)C=CO[C@@]3(C)Oc4c(C)c(O)c(c(c4C3=O)C1=O)C2=O. The number of phenolic OH excluding ortho intramolecular Hbond substituents is 1. The van der Waals surface area contributed by atoms with E-state index in [2.05, 4.69) is 10.6 Å². The predicted molar refractivity (Wildman–Crippen MR) is 187 cm³/mol. The van der Waals surface area contributed by atoms with E-state index in [0.717, 1.165) is 6.26 Å². The first-order valence-electron chi connectivity index (χ1n) is 17.0. The number of ether oxygens (including phenoxy) is 4. The zero-order chi connectivity index (χ0) is 39.0. The molecule has 14 heteroatoms. The van der Waals surface area contributed by atoms with Gasteiger partial charge in [-0.2, -0.15) is 0 Å². The molecule has 14 nitrogen and oxygen atoms in total. The second-order valence-corrected chi connectivity index (χ2v) is 13.8. The molecule has 1 aromatic carbocycles. The highest BCUT2D eigenvalue weighted by Gasteiger charge is 2.52. The summed E-state index contributed by atoms with van der Waals surface area (Å²) >= 11 is 0. The molecule has 0 saturated carbocycles. The van der Waals surface area contributed by atoms with Gasteiger partial charge < -0.3 is 44.9 Å². The molecule has 0 saturated heterocycles. The molecule has 0 fully saturated rings. The summed E-state index contributed by atoms with van der Waals surface area (Å²) in [6, 6.07) is 0. The van der Waals surface area contributed by atoms with Gasteiger partial charge in [-0.1, -0.05) is 45.9 Å². The minimum Gasteiger partial charge on any atom is -0.507 e. The second kappa shape index (κ2) is 15.4. The number of amides is 1. The van der Waals surface area contributed by atoms with Crippen LogP contribution in [0, 0.1) is 30.6 Å². The first kappa shape index (κ1) is 40.0. The van der Waals surface area contributed by atoms with E-state index < -0.39 is 106 Å². The lowest BCUT2D eigenvalue weighted by molar-refractivity contribution is -0.160. The molecule has 0 radical (unpaired) electrons. The van der Waals surface area contributed by atoms with Crippen LogP contribution in [0.2, 0.25) is 0 Å². The minimum absolute atomic E-state index is 0.00410. The Bertz CT molecular complexity index is 1790. The number of carbonyl (C=O) groups is 5. The van der Waals surface area contributed by atoms with Crippen LogP contribution in [-0.2, 0) is 23.8 Å². The Hall–Kier alpha value is -4.79. The van der Waals surface area contributed by atoms with E-state index in [9.17, 15) is 39.3 Å². The molecule has 9 atom stereocenters. The van der Waals surface area contributed by atoms with Crippen LogP contribution >= 0.6 is 0 Å². The number of ketones is 3. The summed E-state index contributed by atoms with van der Waals surface area (Å²) in [6.07, 6.45) is 3.38. The van der Waals surface area contributed by atoms with E-state index in [4.69, 9.17) is 18.9 Å². The summed E-state index contributed by atoms with van der Waals surface area (Å²) in [5.74, 6) is -9.19. The van der Waals surface area contributed by atoms with Crippen molar-refractivity contribution in [2.45, 2.75) is 85.6 Å². The Labute approximate surface area is 302 Å². The molecule has 52 heavy (non-hydrogen) atoms. The van der Waals surface area contributed by atoms with Crippen molar-refractivity contribution < 1.29 is 58.2 Å². The highest BCUT2D eigenvalue weighted by molar-refractivity contribution is 6.32. The molecule has 0 aromatic heterocycles. The van der Waals surface area contributed by atoms with Crippen LogP contribution in [0.25, 0.3) is 0 Å². The van der Waals surface area contributed by atoms with Crippen LogP contribution in [0.5, 0.6) is 11.5 Å². The zero-order valence-electron chi connectivity index (χ0n) is 31.0. The van der Waals surface area contributed by atoms with E-state index >= 15 is 0 Å². The molecule has 282 valence electrons. The van der Waals surface area contributed by atoms with Gasteiger partial charge in [-0.3, -0.25) is 24.0 Å². The van der Waals surface area contributed by atoms with Crippen LogP contribution in [0.3, 0.4) is 0 Å². The van der Waals surface area contributed by atoms with Gasteiger partial charge in [-0.05, 0) is 19.9 Å². The van der Waals surface area contributed by atoms with Gasteiger partial charge in [0.2, 0.25) is 11.6 Å². The summed E-state index contributed by atoms with van der Waals surface area (Å²) in [6.45, 7) is 12.3.